The lowest BCUT2D eigenvalue weighted by Gasteiger charge is -2.30. The van der Waals surface area contributed by atoms with Crippen LogP contribution in [0.4, 0.5) is 10.5 Å². The molecule has 5 nitrogen and oxygen atoms in total. The van der Waals surface area contributed by atoms with Crippen molar-refractivity contribution in [2.45, 2.75) is 32.6 Å². The number of halogens is 1. The van der Waals surface area contributed by atoms with Gasteiger partial charge in [0.1, 0.15) is 0 Å². The maximum atomic E-state index is 12.4. The van der Waals surface area contributed by atoms with Gasteiger partial charge in [-0.3, -0.25) is 4.79 Å². The number of piperidine rings is 1. The molecule has 0 bridgehead atoms. The second-order valence-corrected chi connectivity index (χ2v) is 6.83. The van der Waals surface area contributed by atoms with E-state index in [0.717, 1.165) is 15.7 Å². The van der Waals surface area contributed by atoms with Crippen molar-refractivity contribution in [1.82, 2.24) is 4.90 Å². The molecule has 1 fully saturated rings. The van der Waals surface area contributed by atoms with Gasteiger partial charge in [-0.1, -0.05) is 29.8 Å². The summed E-state index contributed by atoms with van der Waals surface area (Å²) in [5.41, 5.74) is 1.88. The lowest BCUT2D eigenvalue weighted by molar-refractivity contribution is -0.143. The minimum atomic E-state index is -0.768. The maximum Gasteiger partial charge on any atom is 0.321 e. The molecule has 2 amide bonds. The lowest BCUT2D eigenvalue weighted by Crippen LogP contribution is -2.42. The van der Waals surface area contributed by atoms with Crippen LogP contribution >= 0.6 is 15.9 Å². The first-order valence-corrected chi connectivity index (χ1v) is 8.26. The van der Waals surface area contributed by atoms with E-state index in [9.17, 15) is 9.59 Å². The Labute approximate surface area is 138 Å². The van der Waals surface area contributed by atoms with Crippen LogP contribution in [0.1, 0.15) is 38.2 Å². The van der Waals surface area contributed by atoms with Crippen molar-refractivity contribution in [3.05, 3.63) is 28.2 Å². The standard InChI is InChI=1S/C16H21BrN2O3/c1-10(2)13-9-12(17)3-4-14(13)18-16(22)19-7-5-11(6-8-19)15(20)21/h3-4,9-11H,5-8H2,1-2H3,(H,18,22)(H,20,21). The lowest BCUT2D eigenvalue weighted by atomic mass is 9.97. The van der Waals surface area contributed by atoms with E-state index in [1.807, 2.05) is 18.2 Å². The van der Waals surface area contributed by atoms with Gasteiger partial charge in [0.15, 0.2) is 0 Å². The molecule has 0 atom stereocenters. The number of nitrogens with one attached hydrogen (secondary N) is 1. The van der Waals surface area contributed by atoms with Crippen LogP contribution in [-0.2, 0) is 4.79 Å². The molecular formula is C16H21BrN2O3. The van der Waals surface area contributed by atoms with Crippen LogP contribution in [0.15, 0.2) is 22.7 Å². The number of nitrogens with zero attached hydrogens (tertiary/aromatic N) is 1. The smallest absolute Gasteiger partial charge is 0.321 e. The molecule has 2 N–H and O–H groups in total. The van der Waals surface area contributed by atoms with Crippen LogP contribution in [0, 0.1) is 5.92 Å². The maximum absolute atomic E-state index is 12.4. The van der Waals surface area contributed by atoms with Gasteiger partial charge in [-0.15, -0.1) is 0 Å². The van der Waals surface area contributed by atoms with Crippen LogP contribution in [0.3, 0.4) is 0 Å². The van der Waals surface area contributed by atoms with Crippen LogP contribution in [0.2, 0.25) is 0 Å². The van der Waals surface area contributed by atoms with Gasteiger partial charge < -0.3 is 15.3 Å². The average Bonchev–Trinajstić information content (AvgIpc) is 2.48. The third-order valence-corrected chi connectivity index (χ3v) is 4.50. The summed E-state index contributed by atoms with van der Waals surface area (Å²) in [5.74, 6) is -0.802. The number of aliphatic carboxylic acids is 1. The van der Waals surface area contributed by atoms with E-state index in [1.165, 1.54) is 0 Å². The Morgan fingerprint density at radius 1 is 1.32 bits per heavy atom. The van der Waals surface area contributed by atoms with Gasteiger partial charge in [-0.25, -0.2) is 4.79 Å². The Bertz CT molecular complexity index is 567. The van der Waals surface area contributed by atoms with E-state index in [4.69, 9.17) is 5.11 Å². The first-order chi connectivity index (χ1) is 10.4. The molecule has 0 aliphatic carbocycles. The molecule has 1 aromatic carbocycles. The summed E-state index contributed by atoms with van der Waals surface area (Å²) in [7, 11) is 0. The van der Waals surface area contributed by atoms with Crippen molar-refractivity contribution in [3.63, 3.8) is 0 Å². The first-order valence-electron chi connectivity index (χ1n) is 7.46. The Hall–Kier alpha value is -1.56. The molecule has 1 aliphatic rings. The number of carboxylic acids is 1. The normalized spacial score (nSPS) is 15.9. The fraction of sp³-hybridized carbons (Fsp3) is 0.500. The number of anilines is 1. The highest BCUT2D eigenvalue weighted by Crippen LogP contribution is 2.28. The predicted molar refractivity (Wildman–Crippen MR) is 89.2 cm³/mol. The fourth-order valence-corrected chi connectivity index (χ4v) is 3.03. The van der Waals surface area contributed by atoms with Crippen molar-refractivity contribution < 1.29 is 14.7 Å². The van der Waals surface area contributed by atoms with Gasteiger partial charge in [0.25, 0.3) is 0 Å². The molecule has 2 rings (SSSR count). The predicted octanol–water partition coefficient (Wildman–Crippen LogP) is 3.90. The Kier molecular flexibility index (Phi) is 5.45. The zero-order valence-corrected chi connectivity index (χ0v) is 14.4. The molecule has 6 heteroatoms. The monoisotopic (exact) mass is 368 g/mol. The highest BCUT2D eigenvalue weighted by molar-refractivity contribution is 9.10. The fourth-order valence-electron chi connectivity index (χ4n) is 2.65. The zero-order chi connectivity index (χ0) is 16.3. The van der Waals surface area contributed by atoms with Gasteiger partial charge in [-0.2, -0.15) is 0 Å². The van der Waals surface area contributed by atoms with Crippen LogP contribution < -0.4 is 5.32 Å². The number of carboxylic acid groups (broad SMARTS) is 1. The topological polar surface area (TPSA) is 69.6 Å². The summed E-state index contributed by atoms with van der Waals surface area (Å²) in [6.45, 7) is 5.12. The molecule has 0 unspecified atom stereocenters. The average molecular weight is 369 g/mol. The third-order valence-electron chi connectivity index (χ3n) is 4.01. The second-order valence-electron chi connectivity index (χ2n) is 5.92. The van der Waals surface area contributed by atoms with E-state index < -0.39 is 5.97 Å². The van der Waals surface area contributed by atoms with Gasteiger partial charge in [0, 0.05) is 23.2 Å². The van der Waals surface area contributed by atoms with Crippen molar-refractivity contribution in [3.8, 4) is 0 Å². The number of hydrogen-bond acceptors (Lipinski definition) is 2. The summed E-state index contributed by atoms with van der Waals surface area (Å²) >= 11 is 3.45. The molecule has 120 valence electrons. The molecule has 1 heterocycles. The van der Waals surface area contributed by atoms with Crippen molar-refractivity contribution in [2.75, 3.05) is 18.4 Å². The summed E-state index contributed by atoms with van der Waals surface area (Å²) in [6.07, 6.45) is 1.03. The summed E-state index contributed by atoms with van der Waals surface area (Å²) in [6, 6.07) is 5.64. The molecule has 0 radical (unpaired) electrons. The molecule has 0 aromatic heterocycles. The second kappa shape index (κ2) is 7.13. The summed E-state index contributed by atoms with van der Waals surface area (Å²) < 4.78 is 0.983. The number of carbonyl (C=O) groups is 2. The Balaban J connectivity index is 2.03. The minimum absolute atomic E-state index is 0.159. The van der Waals surface area contributed by atoms with Crippen LogP contribution in [-0.4, -0.2) is 35.1 Å². The number of benzene rings is 1. The van der Waals surface area contributed by atoms with E-state index in [-0.39, 0.29) is 11.9 Å². The van der Waals surface area contributed by atoms with Crippen LogP contribution in [0.25, 0.3) is 0 Å². The van der Waals surface area contributed by atoms with Crippen molar-refractivity contribution in [2.24, 2.45) is 5.92 Å². The SMILES string of the molecule is CC(C)c1cc(Br)ccc1NC(=O)N1CCC(C(=O)O)CC1. The highest BCUT2D eigenvalue weighted by Gasteiger charge is 2.27. The summed E-state index contributed by atoms with van der Waals surface area (Å²) in [4.78, 5) is 25.0. The molecule has 22 heavy (non-hydrogen) atoms. The summed E-state index contributed by atoms with van der Waals surface area (Å²) in [5, 5.41) is 11.9. The third kappa shape index (κ3) is 4.00. The van der Waals surface area contributed by atoms with Gasteiger partial charge in [0.2, 0.25) is 0 Å². The quantitative estimate of drug-likeness (QED) is 0.849. The number of hydrogen-bond donors (Lipinski definition) is 2. The minimum Gasteiger partial charge on any atom is -0.481 e. The van der Waals surface area contributed by atoms with Gasteiger partial charge in [-0.05, 0) is 42.5 Å². The number of urea groups is 1. The number of amides is 2. The van der Waals surface area contributed by atoms with Crippen molar-refractivity contribution >= 4 is 33.6 Å². The molecular weight excluding hydrogens is 348 g/mol. The number of carbonyl (C=O) groups excluding carboxylic acids is 1. The van der Waals surface area contributed by atoms with E-state index in [2.05, 4.69) is 35.1 Å². The van der Waals surface area contributed by atoms with Gasteiger partial charge >= 0.3 is 12.0 Å². The number of likely N-dealkylation sites (tertiary alicyclic amines) is 1. The number of rotatable bonds is 3. The van der Waals surface area contributed by atoms with Gasteiger partial charge in [0.05, 0.1) is 5.92 Å². The highest BCUT2D eigenvalue weighted by atomic mass is 79.9. The Morgan fingerprint density at radius 2 is 1.95 bits per heavy atom. The van der Waals surface area contributed by atoms with E-state index in [1.54, 1.807) is 4.90 Å². The first kappa shape index (κ1) is 16.8. The molecule has 1 saturated heterocycles. The molecule has 1 aromatic rings. The van der Waals surface area contributed by atoms with Crippen molar-refractivity contribution in [1.29, 1.82) is 0 Å². The Morgan fingerprint density at radius 3 is 2.50 bits per heavy atom. The molecule has 1 aliphatic heterocycles. The zero-order valence-electron chi connectivity index (χ0n) is 12.8. The van der Waals surface area contributed by atoms with E-state index >= 15 is 0 Å². The van der Waals surface area contributed by atoms with E-state index in [0.29, 0.717) is 31.8 Å². The molecule has 0 spiro atoms. The van der Waals surface area contributed by atoms with Crippen LogP contribution in [0.5, 0.6) is 0 Å². The molecule has 0 saturated carbocycles. The largest absolute Gasteiger partial charge is 0.481 e.